The molecule has 2 fully saturated rings. The Kier molecular flexibility index (Phi) is 4.74. The largest absolute Gasteiger partial charge is 0.349 e. The second-order valence-corrected chi connectivity index (χ2v) is 7.99. The molecule has 5 nitrogen and oxygen atoms in total. The fourth-order valence-electron chi connectivity index (χ4n) is 4.81. The first kappa shape index (κ1) is 17.5. The molecule has 26 heavy (non-hydrogen) atoms. The minimum atomic E-state index is -0.000384. The standard InChI is InChI=1S/C20H25ClN4O/c1-3-14-11-22-24-25(14)15-9-16-17(10-15)19(16)18(4-2)23-20(26)12-5-7-13(21)8-6-12/h5-8,11,15-19H,3-4,9-10H2,1-2H3,(H,23,26)/t15?,16-,17+,18?,19?. The molecule has 2 aliphatic carbocycles. The van der Waals surface area contributed by atoms with Gasteiger partial charge in [-0.2, -0.15) is 0 Å². The molecule has 2 aliphatic rings. The third-order valence-electron chi connectivity index (χ3n) is 6.17. The van der Waals surface area contributed by atoms with E-state index in [1.807, 2.05) is 6.20 Å². The molecule has 3 unspecified atom stereocenters. The van der Waals surface area contributed by atoms with Crippen molar-refractivity contribution in [1.82, 2.24) is 20.3 Å². The van der Waals surface area contributed by atoms with Crippen LogP contribution in [0.2, 0.25) is 5.02 Å². The first-order chi connectivity index (χ1) is 12.6. The van der Waals surface area contributed by atoms with E-state index in [0.717, 1.165) is 25.7 Å². The number of carbonyl (C=O) groups excluding carboxylic acids is 1. The lowest BCUT2D eigenvalue weighted by atomic mass is 9.99. The molecule has 1 heterocycles. The molecule has 6 heteroatoms. The number of halogens is 1. The Morgan fingerprint density at radius 1 is 1.27 bits per heavy atom. The summed E-state index contributed by atoms with van der Waals surface area (Å²) in [6, 6.07) is 7.81. The van der Waals surface area contributed by atoms with Crippen LogP contribution >= 0.6 is 11.6 Å². The number of fused-ring (bicyclic) bond motifs is 1. The Balaban J connectivity index is 1.37. The van der Waals surface area contributed by atoms with E-state index in [1.54, 1.807) is 24.3 Å². The number of carbonyl (C=O) groups is 1. The molecule has 0 aliphatic heterocycles. The van der Waals surface area contributed by atoms with Crippen molar-refractivity contribution < 1.29 is 4.79 Å². The second-order valence-electron chi connectivity index (χ2n) is 7.55. The number of amides is 1. The first-order valence-corrected chi connectivity index (χ1v) is 9.95. The lowest BCUT2D eigenvalue weighted by Gasteiger charge is -2.22. The number of rotatable bonds is 6. The van der Waals surface area contributed by atoms with Gasteiger partial charge in [0.15, 0.2) is 0 Å². The summed E-state index contributed by atoms with van der Waals surface area (Å²) >= 11 is 5.91. The van der Waals surface area contributed by atoms with Gasteiger partial charge in [-0.3, -0.25) is 4.79 Å². The van der Waals surface area contributed by atoms with Gasteiger partial charge in [0, 0.05) is 16.6 Å². The van der Waals surface area contributed by atoms with E-state index >= 15 is 0 Å². The summed E-state index contributed by atoms with van der Waals surface area (Å²) in [7, 11) is 0. The van der Waals surface area contributed by atoms with Crippen molar-refractivity contribution in [2.75, 3.05) is 0 Å². The predicted octanol–water partition coefficient (Wildman–Crippen LogP) is 3.90. The number of aromatic nitrogens is 3. The van der Waals surface area contributed by atoms with Crippen LogP contribution in [0.1, 0.15) is 55.2 Å². The molecule has 0 saturated heterocycles. The third kappa shape index (κ3) is 3.13. The molecule has 2 aromatic rings. The van der Waals surface area contributed by atoms with Gasteiger partial charge in [-0.1, -0.05) is 30.7 Å². The van der Waals surface area contributed by atoms with Crippen molar-refractivity contribution in [3.63, 3.8) is 0 Å². The van der Waals surface area contributed by atoms with Gasteiger partial charge in [-0.15, -0.1) is 5.10 Å². The van der Waals surface area contributed by atoms with Gasteiger partial charge < -0.3 is 5.32 Å². The van der Waals surface area contributed by atoms with Crippen LogP contribution in [0.3, 0.4) is 0 Å². The lowest BCUT2D eigenvalue weighted by Crippen LogP contribution is -2.37. The highest BCUT2D eigenvalue weighted by Gasteiger charge is 2.59. The number of nitrogens with zero attached hydrogens (tertiary/aromatic N) is 3. The molecule has 0 radical (unpaired) electrons. The second kappa shape index (κ2) is 7.03. The zero-order valence-corrected chi connectivity index (χ0v) is 16.0. The van der Waals surface area contributed by atoms with E-state index < -0.39 is 0 Å². The molecule has 1 aromatic heterocycles. The van der Waals surface area contributed by atoms with Gasteiger partial charge in [0.25, 0.3) is 5.91 Å². The average Bonchev–Trinajstić information content (AvgIpc) is 3.04. The highest BCUT2D eigenvalue weighted by molar-refractivity contribution is 6.30. The van der Waals surface area contributed by atoms with Gasteiger partial charge in [-0.05, 0) is 67.7 Å². The summed E-state index contributed by atoms with van der Waals surface area (Å²) in [6.45, 7) is 4.30. The van der Waals surface area contributed by atoms with Crippen molar-refractivity contribution in [3.8, 4) is 0 Å². The summed E-state index contributed by atoms with van der Waals surface area (Å²) in [5, 5.41) is 12.3. The maximum atomic E-state index is 12.5. The topological polar surface area (TPSA) is 59.8 Å². The van der Waals surface area contributed by atoms with Crippen LogP contribution in [-0.4, -0.2) is 26.9 Å². The van der Waals surface area contributed by atoms with Crippen LogP contribution < -0.4 is 5.32 Å². The summed E-state index contributed by atoms with van der Waals surface area (Å²) < 4.78 is 2.12. The normalized spacial score (nSPS) is 27.8. The molecule has 2 saturated carbocycles. The van der Waals surface area contributed by atoms with Crippen molar-refractivity contribution in [2.45, 2.75) is 51.6 Å². The van der Waals surface area contributed by atoms with Gasteiger partial charge in [-0.25, -0.2) is 4.68 Å². The summed E-state index contributed by atoms with van der Waals surface area (Å²) in [5.41, 5.74) is 1.89. The van der Waals surface area contributed by atoms with Crippen LogP contribution in [0.25, 0.3) is 0 Å². The third-order valence-corrected chi connectivity index (χ3v) is 6.42. The molecular weight excluding hydrogens is 348 g/mol. The van der Waals surface area contributed by atoms with Crippen LogP contribution in [0.5, 0.6) is 0 Å². The molecular formula is C20H25ClN4O. The smallest absolute Gasteiger partial charge is 0.251 e. The van der Waals surface area contributed by atoms with Crippen molar-refractivity contribution in [3.05, 3.63) is 46.7 Å². The maximum Gasteiger partial charge on any atom is 0.251 e. The highest BCUT2D eigenvalue weighted by atomic mass is 35.5. The lowest BCUT2D eigenvalue weighted by molar-refractivity contribution is 0.0926. The molecule has 138 valence electrons. The molecule has 0 spiro atoms. The molecule has 1 aromatic carbocycles. The quantitative estimate of drug-likeness (QED) is 0.836. The van der Waals surface area contributed by atoms with Gasteiger partial charge >= 0.3 is 0 Å². The van der Waals surface area contributed by atoms with Crippen molar-refractivity contribution in [1.29, 1.82) is 0 Å². The Morgan fingerprint density at radius 2 is 1.96 bits per heavy atom. The number of aryl methyl sites for hydroxylation is 1. The number of benzene rings is 1. The van der Waals surface area contributed by atoms with Gasteiger partial charge in [0.2, 0.25) is 0 Å². The van der Waals surface area contributed by atoms with Gasteiger partial charge in [0.1, 0.15) is 0 Å². The summed E-state index contributed by atoms with van der Waals surface area (Å²) in [6.07, 6.45) is 6.11. The van der Waals surface area contributed by atoms with Crippen molar-refractivity contribution in [2.24, 2.45) is 17.8 Å². The molecule has 5 atom stereocenters. The number of hydrogen-bond donors (Lipinski definition) is 1. The Morgan fingerprint density at radius 3 is 2.58 bits per heavy atom. The minimum absolute atomic E-state index is 0.000384. The van der Waals surface area contributed by atoms with Crippen molar-refractivity contribution >= 4 is 17.5 Å². The fraction of sp³-hybridized carbons (Fsp3) is 0.550. The number of hydrogen-bond acceptors (Lipinski definition) is 3. The molecule has 0 bridgehead atoms. The van der Waals surface area contributed by atoms with E-state index in [-0.39, 0.29) is 11.9 Å². The first-order valence-electron chi connectivity index (χ1n) is 9.57. The van der Waals surface area contributed by atoms with Gasteiger partial charge in [0.05, 0.1) is 17.9 Å². The monoisotopic (exact) mass is 372 g/mol. The fourth-order valence-corrected chi connectivity index (χ4v) is 4.93. The summed E-state index contributed by atoms with van der Waals surface area (Å²) in [4.78, 5) is 12.5. The maximum absolute atomic E-state index is 12.5. The Hall–Kier alpha value is -1.88. The highest BCUT2D eigenvalue weighted by Crippen LogP contribution is 2.62. The number of nitrogens with one attached hydrogen (secondary N) is 1. The predicted molar refractivity (Wildman–Crippen MR) is 101 cm³/mol. The van der Waals surface area contributed by atoms with Crippen LogP contribution in [0, 0.1) is 17.8 Å². The van der Waals surface area contributed by atoms with Crippen LogP contribution in [0.4, 0.5) is 0 Å². The van der Waals surface area contributed by atoms with E-state index in [0.29, 0.717) is 34.4 Å². The summed E-state index contributed by atoms with van der Waals surface area (Å²) in [5.74, 6) is 1.99. The SMILES string of the molecule is CCc1cnnn1C1C[C@@H]2C(C(CC)NC(=O)c3ccc(Cl)cc3)[C@@H]2C1. The molecule has 4 rings (SSSR count). The van der Waals surface area contributed by atoms with Crippen LogP contribution in [0.15, 0.2) is 30.5 Å². The van der Waals surface area contributed by atoms with E-state index in [4.69, 9.17) is 11.6 Å². The van der Waals surface area contributed by atoms with E-state index in [9.17, 15) is 4.79 Å². The van der Waals surface area contributed by atoms with Crippen LogP contribution in [-0.2, 0) is 6.42 Å². The van der Waals surface area contributed by atoms with E-state index in [2.05, 4.69) is 34.2 Å². The molecule has 1 amide bonds. The Labute approximate surface area is 159 Å². The molecule has 1 N–H and O–H groups in total. The zero-order valence-electron chi connectivity index (χ0n) is 15.2. The Bertz CT molecular complexity index is 775. The zero-order chi connectivity index (χ0) is 18.3. The minimum Gasteiger partial charge on any atom is -0.349 e. The van der Waals surface area contributed by atoms with E-state index in [1.165, 1.54) is 5.69 Å². The average molecular weight is 373 g/mol.